The molecule has 3 heteroatoms. The van der Waals surface area contributed by atoms with Gasteiger partial charge in [-0.1, -0.05) is 13.3 Å². The molecule has 0 aromatic rings. The quantitative estimate of drug-likeness (QED) is 0.595. The Morgan fingerprint density at radius 2 is 2.00 bits per heavy atom. The molecule has 0 aromatic heterocycles. The van der Waals surface area contributed by atoms with Gasteiger partial charge in [0.15, 0.2) is 0 Å². The number of rotatable bonds is 3. The summed E-state index contributed by atoms with van der Waals surface area (Å²) in [5, 5.41) is 0. The third-order valence-corrected chi connectivity index (χ3v) is 1.21. The summed E-state index contributed by atoms with van der Waals surface area (Å²) in [5.41, 5.74) is 0. The van der Waals surface area contributed by atoms with Crippen LogP contribution in [-0.4, -0.2) is 4.83 Å². The van der Waals surface area contributed by atoms with Gasteiger partial charge in [-0.05, 0) is 22.4 Å². The van der Waals surface area contributed by atoms with E-state index in [1.807, 2.05) is 6.92 Å². The highest BCUT2D eigenvalue weighted by Gasteiger charge is 2.21. The molecule has 0 aliphatic rings. The number of unbranched alkanes of at least 4 members (excludes halogenated alkanes) is 1. The van der Waals surface area contributed by atoms with Crippen molar-refractivity contribution in [3.8, 4) is 0 Å². The molecule has 50 valence electrons. The second kappa shape index (κ2) is 3.38. The van der Waals surface area contributed by atoms with Gasteiger partial charge in [-0.2, -0.15) is 8.78 Å². The summed E-state index contributed by atoms with van der Waals surface area (Å²) in [5.74, 6) is 0. The first-order chi connectivity index (χ1) is 3.56. The molecule has 0 aromatic carbocycles. The Kier molecular flexibility index (Phi) is 3.53. The molecule has 0 atom stereocenters. The monoisotopic (exact) mass is 186 g/mol. The van der Waals surface area contributed by atoms with Crippen LogP contribution in [0.1, 0.15) is 26.2 Å². The molecule has 0 N–H and O–H groups in total. The van der Waals surface area contributed by atoms with Crippen molar-refractivity contribution in [1.29, 1.82) is 0 Å². The lowest BCUT2D eigenvalue weighted by Crippen LogP contribution is -2.02. The van der Waals surface area contributed by atoms with Crippen LogP contribution in [0, 0.1) is 0 Å². The molecule has 0 nitrogen and oxygen atoms in total. The van der Waals surface area contributed by atoms with E-state index in [0.29, 0.717) is 6.42 Å². The average molecular weight is 187 g/mol. The Morgan fingerprint density at radius 3 is 2.12 bits per heavy atom. The highest BCUT2D eigenvalue weighted by atomic mass is 79.9. The molecule has 0 saturated carbocycles. The molecular weight excluding hydrogens is 178 g/mol. The molecule has 0 aliphatic heterocycles. The van der Waals surface area contributed by atoms with Crippen LogP contribution in [0.5, 0.6) is 0 Å². The predicted molar refractivity (Wildman–Crippen MR) is 33.4 cm³/mol. The van der Waals surface area contributed by atoms with Gasteiger partial charge in [-0.3, -0.25) is 0 Å². The minimum absolute atomic E-state index is 0.0521. The van der Waals surface area contributed by atoms with Crippen molar-refractivity contribution in [3.05, 3.63) is 0 Å². The van der Waals surface area contributed by atoms with Crippen molar-refractivity contribution in [2.24, 2.45) is 0 Å². The molecule has 8 heavy (non-hydrogen) atoms. The molecular formula is C5H9BrF2. The van der Waals surface area contributed by atoms with Crippen molar-refractivity contribution in [2.75, 3.05) is 0 Å². The fourth-order valence-corrected chi connectivity index (χ4v) is 0.658. The summed E-state index contributed by atoms with van der Waals surface area (Å²) in [6, 6.07) is 0. The molecule has 0 radical (unpaired) electrons. The maximum Gasteiger partial charge on any atom is 0.301 e. The molecule has 0 saturated heterocycles. The summed E-state index contributed by atoms with van der Waals surface area (Å²) in [7, 11) is 0. The van der Waals surface area contributed by atoms with Crippen molar-refractivity contribution in [3.63, 3.8) is 0 Å². The summed E-state index contributed by atoms with van der Waals surface area (Å²) in [6.07, 6.45) is 1.35. The Morgan fingerprint density at radius 1 is 1.50 bits per heavy atom. The molecule has 0 rings (SSSR count). The van der Waals surface area contributed by atoms with E-state index in [9.17, 15) is 8.78 Å². The zero-order valence-corrected chi connectivity index (χ0v) is 6.34. The minimum Gasteiger partial charge on any atom is -0.194 e. The summed E-state index contributed by atoms with van der Waals surface area (Å²) < 4.78 is 23.7. The van der Waals surface area contributed by atoms with E-state index in [1.165, 1.54) is 0 Å². The zero-order chi connectivity index (χ0) is 6.62. The third-order valence-electron chi connectivity index (χ3n) is 0.814. The lowest BCUT2D eigenvalue weighted by molar-refractivity contribution is 0.101. The smallest absolute Gasteiger partial charge is 0.194 e. The van der Waals surface area contributed by atoms with E-state index in [4.69, 9.17) is 0 Å². The molecule has 0 amide bonds. The van der Waals surface area contributed by atoms with Crippen LogP contribution in [0.3, 0.4) is 0 Å². The second-order valence-corrected chi connectivity index (χ2v) is 2.88. The predicted octanol–water partition coefficient (Wildman–Crippen LogP) is 3.16. The number of hydrogen-bond donors (Lipinski definition) is 0. The first-order valence-electron chi connectivity index (χ1n) is 2.63. The van der Waals surface area contributed by atoms with Crippen molar-refractivity contribution in [1.82, 2.24) is 0 Å². The molecule has 0 heterocycles. The first kappa shape index (κ1) is 8.34. The third kappa shape index (κ3) is 6.34. The van der Waals surface area contributed by atoms with Crippen LogP contribution in [0.15, 0.2) is 0 Å². The Balaban J connectivity index is 3.11. The average Bonchev–Trinajstić information content (AvgIpc) is 1.59. The van der Waals surface area contributed by atoms with Gasteiger partial charge < -0.3 is 0 Å². The Hall–Kier alpha value is 0.340. The van der Waals surface area contributed by atoms with Crippen molar-refractivity contribution in [2.45, 2.75) is 31.0 Å². The first-order valence-corrected chi connectivity index (χ1v) is 3.42. The van der Waals surface area contributed by atoms with E-state index in [1.54, 1.807) is 0 Å². The van der Waals surface area contributed by atoms with Crippen molar-refractivity contribution < 1.29 is 8.78 Å². The summed E-state index contributed by atoms with van der Waals surface area (Å²) in [6.45, 7) is 1.89. The van der Waals surface area contributed by atoms with Gasteiger partial charge in [0.1, 0.15) is 0 Å². The molecule has 0 bridgehead atoms. The Bertz CT molecular complexity index is 57.9. The molecule has 0 aliphatic carbocycles. The summed E-state index contributed by atoms with van der Waals surface area (Å²) >= 11 is 2.25. The largest absolute Gasteiger partial charge is 0.301 e. The number of alkyl halides is 3. The number of hydrogen-bond acceptors (Lipinski definition) is 0. The van der Waals surface area contributed by atoms with Gasteiger partial charge in [0, 0.05) is 6.42 Å². The SMILES string of the molecule is CCCCC(F)(F)Br. The lowest BCUT2D eigenvalue weighted by atomic mass is 10.3. The fraction of sp³-hybridized carbons (Fsp3) is 1.00. The van der Waals surface area contributed by atoms with Crippen molar-refractivity contribution >= 4 is 15.9 Å². The van der Waals surface area contributed by atoms with E-state index >= 15 is 0 Å². The van der Waals surface area contributed by atoms with Crippen LogP contribution in [0.2, 0.25) is 0 Å². The lowest BCUT2D eigenvalue weighted by Gasteiger charge is -2.04. The van der Waals surface area contributed by atoms with E-state index in [0.717, 1.165) is 6.42 Å². The van der Waals surface area contributed by atoms with Crippen LogP contribution in [0.4, 0.5) is 8.78 Å². The van der Waals surface area contributed by atoms with Gasteiger partial charge in [-0.25, -0.2) is 0 Å². The standard InChI is InChI=1S/C5H9BrF2/c1-2-3-4-5(6,7)8/h2-4H2,1H3. The van der Waals surface area contributed by atoms with Gasteiger partial charge in [0.2, 0.25) is 0 Å². The number of halogens is 3. The van der Waals surface area contributed by atoms with E-state index in [2.05, 4.69) is 15.9 Å². The van der Waals surface area contributed by atoms with Gasteiger partial charge in [0.05, 0.1) is 0 Å². The highest BCUT2D eigenvalue weighted by molar-refractivity contribution is 9.09. The molecule has 0 fully saturated rings. The Labute approximate surface area is 56.4 Å². The fourth-order valence-electron chi connectivity index (χ4n) is 0.377. The zero-order valence-electron chi connectivity index (χ0n) is 4.76. The second-order valence-electron chi connectivity index (χ2n) is 1.72. The van der Waals surface area contributed by atoms with Gasteiger partial charge in [0.25, 0.3) is 0 Å². The highest BCUT2D eigenvalue weighted by Crippen LogP contribution is 2.27. The van der Waals surface area contributed by atoms with E-state index in [-0.39, 0.29) is 6.42 Å². The maximum atomic E-state index is 11.8. The maximum absolute atomic E-state index is 11.8. The minimum atomic E-state index is -2.64. The van der Waals surface area contributed by atoms with Crippen LogP contribution in [0.25, 0.3) is 0 Å². The van der Waals surface area contributed by atoms with Gasteiger partial charge in [-0.15, -0.1) is 0 Å². The molecule has 0 unspecified atom stereocenters. The molecule has 0 spiro atoms. The summed E-state index contributed by atoms with van der Waals surface area (Å²) in [4.78, 5) is -2.64. The normalized spacial score (nSPS) is 12.0. The van der Waals surface area contributed by atoms with Crippen LogP contribution >= 0.6 is 15.9 Å². The van der Waals surface area contributed by atoms with Crippen LogP contribution in [-0.2, 0) is 0 Å². The van der Waals surface area contributed by atoms with Gasteiger partial charge >= 0.3 is 4.83 Å². The topological polar surface area (TPSA) is 0 Å². The van der Waals surface area contributed by atoms with Crippen LogP contribution < -0.4 is 0 Å². The van der Waals surface area contributed by atoms with E-state index < -0.39 is 4.83 Å².